The van der Waals surface area contributed by atoms with Crippen molar-refractivity contribution in [2.45, 2.75) is 24.8 Å². The summed E-state index contributed by atoms with van der Waals surface area (Å²) in [5, 5.41) is 3.23. The number of nitrogens with two attached hydrogens (primary N) is 1. The Kier molecular flexibility index (Phi) is 2.26. The van der Waals surface area contributed by atoms with E-state index in [0.29, 0.717) is 0 Å². The van der Waals surface area contributed by atoms with Gasteiger partial charge < -0.3 is 11.1 Å². The molecule has 0 spiro atoms. The second-order valence-corrected chi connectivity index (χ2v) is 4.02. The molecule has 2 rings (SSSR count). The summed E-state index contributed by atoms with van der Waals surface area (Å²) in [7, 11) is 0. The first kappa shape index (κ1) is 8.97. The van der Waals surface area contributed by atoms with E-state index in [1.807, 2.05) is 0 Å². The molecule has 3 N–H and O–H groups in total. The molecule has 74 valence electrons. The maximum absolute atomic E-state index is 11.5. The zero-order chi connectivity index (χ0) is 9.31. The Labute approximate surface area is 78.5 Å². The van der Waals surface area contributed by atoms with Gasteiger partial charge in [-0.1, -0.05) is 0 Å². The van der Waals surface area contributed by atoms with Gasteiger partial charge >= 0.3 is 0 Å². The van der Waals surface area contributed by atoms with Gasteiger partial charge in [0, 0.05) is 6.54 Å². The summed E-state index contributed by atoms with van der Waals surface area (Å²) in [5.41, 5.74) is 5.13. The van der Waals surface area contributed by atoms with Crippen molar-refractivity contribution in [1.82, 2.24) is 10.2 Å². The zero-order valence-corrected chi connectivity index (χ0v) is 7.88. The van der Waals surface area contributed by atoms with Gasteiger partial charge in [0.25, 0.3) is 0 Å². The molecule has 2 heterocycles. The van der Waals surface area contributed by atoms with Gasteiger partial charge in [0.15, 0.2) is 0 Å². The van der Waals surface area contributed by atoms with E-state index in [4.69, 9.17) is 5.73 Å². The molecule has 0 aromatic heterocycles. The minimum Gasteiger partial charge on any atom is -0.368 e. The SMILES string of the molecule is NC(=O)C1(N2CCCC2)CCNC1. The molecule has 2 saturated heterocycles. The molecule has 0 radical (unpaired) electrons. The highest BCUT2D eigenvalue weighted by atomic mass is 16.1. The molecule has 2 aliphatic rings. The number of hydrogen-bond acceptors (Lipinski definition) is 3. The number of primary amides is 1. The van der Waals surface area contributed by atoms with Crippen molar-refractivity contribution in [2.75, 3.05) is 26.2 Å². The van der Waals surface area contributed by atoms with E-state index in [9.17, 15) is 4.79 Å². The smallest absolute Gasteiger partial charge is 0.239 e. The van der Waals surface area contributed by atoms with Crippen molar-refractivity contribution in [3.05, 3.63) is 0 Å². The van der Waals surface area contributed by atoms with Gasteiger partial charge in [-0.3, -0.25) is 9.69 Å². The van der Waals surface area contributed by atoms with E-state index >= 15 is 0 Å². The predicted octanol–water partition coefficient (Wildman–Crippen LogP) is -0.700. The number of carbonyl (C=O) groups is 1. The zero-order valence-electron chi connectivity index (χ0n) is 7.88. The third-order valence-corrected chi connectivity index (χ3v) is 3.30. The lowest BCUT2D eigenvalue weighted by molar-refractivity contribution is -0.128. The molecule has 4 heteroatoms. The molecule has 4 nitrogen and oxygen atoms in total. The van der Waals surface area contributed by atoms with Crippen molar-refractivity contribution in [2.24, 2.45) is 5.73 Å². The second kappa shape index (κ2) is 3.27. The first-order valence-corrected chi connectivity index (χ1v) is 5.01. The molecule has 0 bridgehead atoms. The van der Waals surface area contributed by atoms with Crippen LogP contribution >= 0.6 is 0 Å². The first-order chi connectivity index (χ1) is 6.26. The lowest BCUT2D eigenvalue weighted by Gasteiger charge is -2.34. The van der Waals surface area contributed by atoms with Crippen LogP contribution in [0.25, 0.3) is 0 Å². The van der Waals surface area contributed by atoms with Crippen LogP contribution in [0.3, 0.4) is 0 Å². The average Bonchev–Trinajstić information content (AvgIpc) is 2.75. The standard InChI is InChI=1S/C9H17N3O/c10-8(13)9(3-4-11-7-9)12-5-1-2-6-12/h11H,1-7H2,(H2,10,13). The lowest BCUT2D eigenvalue weighted by Crippen LogP contribution is -2.57. The maximum atomic E-state index is 11.5. The number of nitrogens with zero attached hydrogens (tertiary/aromatic N) is 1. The van der Waals surface area contributed by atoms with Gasteiger partial charge in [0.2, 0.25) is 5.91 Å². The molecule has 2 aliphatic heterocycles. The largest absolute Gasteiger partial charge is 0.368 e. The third-order valence-electron chi connectivity index (χ3n) is 3.30. The average molecular weight is 183 g/mol. The van der Waals surface area contributed by atoms with Crippen molar-refractivity contribution in [3.63, 3.8) is 0 Å². The molecule has 2 fully saturated rings. The normalized spacial score (nSPS) is 35.4. The molecule has 0 aliphatic carbocycles. The first-order valence-electron chi connectivity index (χ1n) is 5.01. The maximum Gasteiger partial charge on any atom is 0.239 e. The molecular weight excluding hydrogens is 166 g/mol. The lowest BCUT2D eigenvalue weighted by atomic mass is 9.96. The highest BCUT2D eigenvalue weighted by molar-refractivity contribution is 5.85. The van der Waals surface area contributed by atoms with Gasteiger partial charge in [0.05, 0.1) is 0 Å². The number of rotatable bonds is 2. The fourth-order valence-corrected chi connectivity index (χ4v) is 2.46. The highest BCUT2D eigenvalue weighted by Gasteiger charge is 2.45. The van der Waals surface area contributed by atoms with Crippen LogP contribution in [-0.4, -0.2) is 42.5 Å². The molecule has 0 saturated carbocycles. The Morgan fingerprint density at radius 2 is 2.08 bits per heavy atom. The Morgan fingerprint density at radius 3 is 2.54 bits per heavy atom. The summed E-state index contributed by atoms with van der Waals surface area (Å²) in [6.07, 6.45) is 3.28. The molecule has 13 heavy (non-hydrogen) atoms. The monoisotopic (exact) mass is 183 g/mol. The number of likely N-dealkylation sites (tertiary alicyclic amines) is 1. The van der Waals surface area contributed by atoms with Crippen molar-refractivity contribution in [1.29, 1.82) is 0 Å². The Bertz CT molecular complexity index is 205. The minimum atomic E-state index is -0.365. The number of carbonyl (C=O) groups excluding carboxylic acids is 1. The second-order valence-electron chi connectivity index (χ2n) is 4.02. The fraction of sp³-hybridized carbons (Fsp3) is 0.889. The topological polar surface area (TPSA) is 58.4 Å². The van der Waals surface area contributed by atoms with Crippen LogP contribution in [0.4, 0.5) is 0 Å². The van der Waals surface area contributed by atoms with Crippen LogP contribution in [0.2, 0.25) is 0 Å². The Morgan fingerprint density at radius 1 is 1.38 bits per heavy atom. The number of amides is 1. The van der Waals surface area contributed by atoms with E-state index in [2.05, 4.69) is 10.2 Å². The van der Waals surface area contributed by atoms with Crippen LogP contribution in [0.5, 0.6) is 0 Å². The van der Waals surface area contributed by atoms with Gasteiger partial charge in [-0.15, -0.1) is 0 Å². The summed E-state index contributed by atoms with van der Waals surface area (Å²) >= 11 is 0. The Hall–Kier alpha value is -0.610. The highest BCUT2D eigenvalue weighted by Crippen LogP contribution is 2.26. The van der Waals surface area contributed by atoms with Gasteiger partial charge in [-0.05, 0) is 38.9 Å². The Balaban J connectivity index is 2.16. The quantitative estimate of drug-likeness (QED) is 0.595. The molecule has 0 aromatic rings. The molecule has 0 aromatic carbocycles. The summed E-state index contributed by atoms with van der Waals surface area (Å²) in [4.78, 5) is 13.7. The summed E-state index contributed by atoms with van der Waals surface area (Å²) in [5.74, 6) is -0.153. The van der Waals surface area contributed by atoms with Gasteiger partial charge in [-0.2, -0.15) is 0 Å². The van der Waals surface area contributed by atoms with E-state index < -0.39 is 0 Å². The van der Waals surface area contributed by atoms with Gasteiger partial charge in [-0.25, -0.2) is 0 Å². The van der Waals surface area contributed by atoms with Crippen LogP contribution in [0.1, 0.15) is 19.3 Å². The van der Waals surface area contributed by atoms with Crippen LogP contribution in [-0.2, 0) is 4.79 Å². The number of hydrogen-bond donors (Lipinski definition) is 2. The van der Waals surface area contributed by atoms with Gasteiger partial charge in [0.1, 0.15) is 5.54 Å². The van der Waals surface area contributed by atoms with E-state index in [1.165, 1.54) is 12.8 Å². The third kappa shape index (κ3) is 1.34. The van der Waals surface area contributed by atoms with Crippen molar-refractivity contribution < 1.29 is 4.79 Å². The summed E-state index contributed by atoms with van der Waals surface area (Å²) < 4.78 is 0. The molecule has 1 unspecified atom stereocenters. The number of nitrogens with one attached hydrogen (secondary N) is 1. The fourth-order valence-electron chi connectivity index (χ4n) is 2.46. The van der Waals surface area contributed by atoms with E-state index in [-0.39, 0.29) is 11.4 Å². The van der Waals surface area contributed by atoms with Crippen molar-refractivity contribution >= 4 is 5.91 Å². The minimum absolute atomic E-state index is 0.153. The van der Waals surface area contributed by atoms with Crippen LogP contribution in [0.15, 0.2) is 0 Å². The van der Waals surface area contributed by atoms with Crippen LogP contribution < -0.4 is 11.1 Å². The molecule has 1 atom stereocenters. The van der Waals surface area contributed by atoms with Crippen molar-refractivity contribution in [3.8, 4) is 0 Å². The van der Waals surface area contributed by atoms with E-state index in [1.54, 1.807) is 0 Å². The molecule has 1 amide bonds. The van der Waals surface area contributed by atoms with Crippen LogP contribution in [0, 0.1) is 0 Å². The summed E-state index contributed by atoms with van der Waals surface area (Å²) in [6.45, 7) is 3.72. The van der Waals surface area contributed by atoms with E-state index in [0.717, 1.165) is 32.6 Å². The predicted molar refractivity (Wildman–Crippen MR) is 50.2 cm³/mol. The summed E-state index contributed by atoms with van der Waals surface area (Å²) in [6, 6.07) is 0. The molecular formula is C9H17N3O.